The number of anilines is 1. The third-order valence-electron chi connectivity index (χ3n) is 6.49. The Labute approximate surface area is 211 Å². The lowest BCUT2D eigenvalue weighted by atomic mass is 9.71. The number of hydrogen-bond acceptors (Lipinski definition) is 4. The van der Waals surface area contributed by atoms with E-state index in [9.17, 15) is 14.0 Å². The molecule has 5 rings (SSSR count). The Morgan fingerprint density at radius 2 is 1.83 bits per heavy atom. The third kappa shape index (κ3) is 4.68. The predicted octanol–water partition coefficient (Wildman–Crippen LogP) is 5.98. The molecule has 1 aliphatic heterocycles. The number of Topliss-reactive ketones (excluding diaryl/α,β-unsaturated/α-hetero) is 1. The van der Waals surface area contributed by atoms with Crippen molar-refractivity contribution in [1.82, 2.24) is 10.3 Å². The largest absolute Gasteiger partial charge is 0.362 e. The van der Waals surface area contributed by atoms with Gasteiger partial charge in [0.25, 0.3) is 5.91 Å². The van der Waals surface area contributed by atoms with Crippen LogP contribution in [0, 0.1) is 5.82 Å². The fourth-order valence-corrected chi connectivity index (χ4v) is 5.19. The summed E-state index contributed by atoms with van der Waals surface area (Å²) in [6.45, 7) is 1.82. The molecule has 7 heteroatoms. The minimum Gasteiger partial charge on any atom is -0.362 e. The standard InChI is InChI=1S/C28H23BrFN3O2/c1-16-25(28(35)33-24-11-10-20(29)15-31-24)26(18-8-5-9-21(30)12-18)27-22(32-16)13-19(14-23(27)34)17-6-3-2-4-7-17/h2-12,15,19,26,32H,13-14H2,1H3,(H,31,33,35)/t19-,26-/m0/s1. The molecule has 35 heavy (non-hydrogen) atoms. The van der Waals surface area contributed by atoms with Crippen LogP contribution in [0.5, 0.6) is 0 Å². The molecule has 0 saturated heterocycles. The summed E-state index contributed by atoms with van der Waals surface area (Å²) in [7, 11) is 0. The van der Waals surface area contributed by atoms with E-state index < -0.39 is 11.7 Å². The molecule has 3 aromatic rings. The molecular formula is C28H23BrFN3O2. The second-order valence-electron chi connectivity index (χ2n) is 8.80. The Balaban J connectivity index is 1.56. The Hall–Kier alpha value is -3.58. The molecule has 1 amide bonds. The molecule has 0 saturated carbocycles. The van der Waals surface area contributed by atoms with Crippen LogP contribution in [-0.2, 0) is 9.59 Å². The lowest BCUT2D eigenvalue weighted by molar-refractivity contribution is -0.116. The molecule has 2 N–H and O–H groups in total. The van der Waals surface area contributed by atoms with Crippen molar-refractivity contribution >= 4 is 33.4 Å². The van der Waals surface area contributed by atoms with Gasteiger partial charge in [-0.05, 0) is 70.6 Å². The summed E-state index contributed by atoms with van der Waals surface area (Å²) in [5.41, 5.74) is 4.00. The highest BCUT2D eigenvalue weighted by molar-refractivity contribution is 9.10. The number of carbonyl (C=O) groups is 2. The van der Waals surface area contributed by atoms with Gasteiger partial charge in [-0.15, -0.1) is 0 Å². The van der Waals surface area contributed by atoms with Crippen molar-refractivity contribution in [3.05, 3.63) is 117 Å². The second kappa shape index (κ2) is 9.58. The Kier molecular flexibility index (Phi) is 6.34. The number of aromatic nitrogens is 1. The normalized spacial score (nSPS) is 19.8. The first-order chi connectivity index (χ1) is 16.9. The van der Waals surface area contributed by atoms with E-state index >= 15 is 0 Å². The van der Waals surface area contributed by atoms with Gasteiger partial charge < -0.3 is 10.6 Å². The van der Waals surface area contributed by atoms with Crippen molar-refractivity contribution in [2.75, 3.05) is 5.32 Å². The quantitative estimate of drug-likeness (QED) is 0.434. The Bertz CT molecular complexity index is 1370. The van der Waals surface area contributed by atoms with Crippen LogP contribution < -0.4 is 10.6 Å². The van der Waals surface area contributed by atoms with Crippen LogP contribution in [0.25, 0.3) is 0 Å². The number of nitrogens with one attached hydrogen (secondary N) is 2. The predicted molar refractivity (Wildman–Crippen MR) is 136 cm³/mol. The maximum absolute atomic E-state index is 14.3. The third-order valence-corrected chi connectivity index (χ3v) is 6.96. The molecule has 5 nitrogen and oxygen atoms in total. The van der Waals surface area contributed by atoms with Crippen LogP contribution in [-0.4, -0.2) is 16.7 Å². The van der Waals surface area contributed by atoms with Gasteiger partial charge >= 0.3 is 0 Å². The monoisotopic (exact) mass is 531 g/mol. The minimum atomic E-state index is -0.679. The summed E-state index contributed by atoms with van der Waals surface area (Å²) in [5, 5.41) is 6.18. The van der Waals surface area contributed by atoms with Gasteiger partial charge in [-0.25, -0.2) is 9.37 Å². The summed E-state index contributed by atoms with van der Waals surface area (Å²) in [4.78, 5) is 31.3. The summed E-state index contributed by atoms with van der Waals surface area (Å²) < 4.78 is 15.1. The maximum Gasteiger partial charge on any atom is 0.255 e. The zero-order chi connectivity index (χ0) is 24.5. The maximum atomic E-state index is 14.3. The van der Waals surface area contributed by atoms with Crippen LogP contribution in [0.1, 0.15) is 42.7 Å². The number of halogens is 2. The second-order valence-corrected chi connectivity index (χ2v) is 9.71. The summed E-state index contributed by atoms with van der Waals surface area (Å²) >= 11 is 3.34. The smallest absolute Gasteiger partial charge is 0.255 e. The molecule has 0 bridgehead atoms. The van der Waals surface area contributed by atoms with E-state index in [1.54, 1.807) is 30.5 Å². The van der Waals surface area contributed by atoms with Gasteiger partial charge in [0.2, 0.25) is 0 Å². The highest BCUT2D eigenvalue weighted by Gasteiger charge is 2.41. The van der Waals surface area contributed by atoms with E-state index in [2.05, 4.69) is 31.5 Å². The van der Waals surface area contributed by atoms with Gasteiger partial charge in [-0.1, -0.05) is 42.5 Å². The van der Waals surface area contributed by atoms with Crippen LogP contribution in [0.15, 0.2) is 99.9 Å². The minimum absolute atomic E-state index is 0.0400. The molecule has 0 spiro atoms. The van der Waals surface area contributed by atoms with E-state index in [-0.39, 0.29) is 17.6 Å². The van der Waals surface area contributed by atoms with Crippen molar-refractivity contribution in [3.8, 4) is 0 Å². The summed E-state index contributed by atoms with van der Waals surface area (Å²) in [6.07, 6.45) is 2.56. The van der Waals surface area contributed by atoms with E-state index in [1.807, 2.05) is 37.3 Å². The number of allylic oxidation sites excluding steroid dienone is 3. The molecule has 2 atom stereocenters. The lowest BCUT2D eigenvalue weighted by Gasteiger charge is -2.37. The van der Waals surface area contributed by atoms with Gasteiger partial charge in [0.1, 0.15) is 11.6 Å². The van der Waals surface area contributed by atoms with E-state index in [4.69, 9.17) is 0 Å². The highest BCUT2D eigenvalue weighted by atomic mass is 79.9. The number of nitrogens with zero attached hydrogens (tertiary/aromatic N) is 1. The Morgan fingerprint density at radius 1 is 1.06 bits per heavy atom. The number of benzene rings is 2. The molecule has 1 aromatic heterocycles. The SMILES string of the molecule is CC1=C(C(=O)Nc2ccc(Br)cn2)[C@H](c2cccc(F)c2)C2=C(C[C@H](c3ccccc3)CC2=O)N1. The van der Waals surface area contributed by atoms with Crippen LogP contribution in [0.2, 0.25) is 0 Å². The van der Waals surface area contributed by atoms with E-state index in [0.717, 1.165) is 15.7 Å². The number of amides is 1. The van der Waals surface area contributed by atoms with Gasteiger partial charge in [0.05, 0.1) is 0 Å². The van der Waals surface area contributed by atoms with Crippen LogP contribution in [0.3, 0.4) is 0 Å². The topological polar surface area (TPSA) is 71.1 Å². The number of rotatable bonds is 4. The molecule has 2 aromatic carbocycles. The fourth-order valence-electron chi connectivity index (χ4n) is 4.95. The fraction of sp³-hybridized carbons (Fsp3) is 0.179. The molecule has 0 radical (unpaired) electrons. The number of ketones is 1. The number of dihydropyridines is 1. The molecule has 176 valence electrons. The van der Waals surface area contributed by atoms with E-state index in [1.165, 1.54) is 12.1 Å². The average Bonchev–Trinajstić information content (AvgIpc) is 2.85. The molecular weight excluding hydrogens is 509 g/mol. The first-order valence-electron chi connectivity index (χ1n) is 11.4. The van der Waals surface area contributed by atoms with Crippen LogP contribution >= 0.6 is 15.9 Å². The average molecular weight is 532 g/mol. The van der Waals surface area contributed by atoms with Crippen molar-refractivity contribution in [2.45, 2.75) is 31.6 Å². The van der Waals surface area contributed by atoms with Crippen molar-refractivity contribution in [1.29, 1.82) is 0 Å². The molecule has 1 aliphatic carbocycles. The molecule has 2 aliphatic rings. The van der Waals surface area contributed by atoms with Crippen LogP contribution in [0.4, 0.5) is 10.2 Å². The molecule has 0 unspecified atom stereocenters. The summed E-state index contributed by atoms with van der Waals surface area (Å²) in [5.74, 6) is -1.10. The molecule has 0 fully saturated rings. The first-order valence-corrected chi connectivity index (χ1v) is 12.2. The first kappa shape index (κ1) is 23.2. The molecule has 2 heterocycles. The van der Waals surface area contributed by atoms with E-state index in [0.29, 0.717) is 41.1 Å². The van der Waals surface area contributed by atoms with Crippen molar-refractivity contribution < 1.29 is 14.0 Å². The number of hydrogen-bond donors (Lipinski definition) is 2. The number of pyridine rings is 1. The van der Waals surface area contributed by atoms with Gasteiger partial charge in [-0.3, -0.25) is 9.59 Å². The van der Waals surface area contributed by atoms with Gasteiger partial charge in [0, 0.05) is 45.5 Å². The highest BCUT2D eigenvalue weighted by Crippen LogP contribution is 2.45. The zero-order valence-corrected chi connectivity index (χ0v) is 20.6. The van der Waals surface area contributed by atoms with Gasteiger partial charge in [0.15, 0.2) is 5.78 Å². The zero-order valence-electron chi connectivity index (χ0n) is 19.0. The Morgan fingerprint density at radius 3 is 2.54 bits per heavy atom. The number of carbonyl (C=O) groups excluding carboxylic acids is 2. The lowest BCUT2D eigenvalue weighted by Crippen LogP contribution is -2.37. The van der Waals surface area contributed by atoms with Crippen molar-refractivity contribution in [2.24, 2.45) is 0 Å². The van der Waals surface area contributed by atoms with Gasteiger partial charge in [-0.2, -0.15) is 0 Å². The summed E-state index contributed by atoms with van der Waals surface area (Å²) in [6, 6.07) is 19.5. The van der Waals surface area contributed by atoms with Crippen molar-refractivity contribution in [3.63, 3.8) is 0 Å².